The molecule has 1 aromatic carbocycles. The van der Waals surface area contributed by atoms with Gasteiger partial charge in [-0.25, -0.2) is 0 Å². The number of ether oxygens (including phenoxy) is 1. The van der Waals surface area contributed by atoms with Crippen molar-refractivity contribution in [2.24, 2.45) is 5.73 Å². The molecule has 0 amide bonds. The number of hydrogen-bond donors (Lipinski definition) is 1. The summed E-state index contributed by atoms with van der Waals surface area (Å²) in [5.41, 5.74) is 9.05. The molecule has 4 heteroatoms. The summed E-state index contributed by atoms with van der Waals surface area (Å²) in [6, 6.07) is 10.6. The monoisotopic (exact) mass is 365 g/mol. The Morgan fingerprint density at radius 2 is 1.90 bits per heavy atom. The molecule has 21 heavy (non-hydrogen) atoms. The van der Waals surface area contributed by atoms with Crippen molar-refractivity contribution >= 4 is 27.3 Å². The molecule has 0 spiro atoms. The van der Waals surface area contributed by atoms with Gasteiger partial charge in [0.1, 0.15) is 11.9 Å². The lowest BCUT2D eigenvalue weighted by Crippen LogP contribution is -2.28. The fourth-order valence-corrected chi connectivity index (χ4v) is 4.40. The van der Waals surface area contributed by atoms with Crippen LogP contribution in [0.4, 0.5) is 0 Å². The van der Waals surface area contributed by atoms with E-state index >= 15 is 0 Å². The van der Waals surface area contributed by atoms with Gasteiger partial charge in [0, 0.05) is 10.9 Å². The first-order chi connectivity index (χ1) is 10.1. The second-order valence-corrected chi connectivity index (χ2v) is 8.17. The quantitative estimate of drug-likeness (QED) is 0.839. The summed E-state index contributed by atoms with van der Waals surface area (Å²) in [7, 11) is 0. The molecule has 112 valence electrons. The van der Waals surface area contributed by atoms with E-state index in [9.17, 15) is 0 Å². The molecule has 0 aliphatic heterocycles. The van der Waals surface area contributed by atoms with Gasteiger partial charge in [-0.3, -0.25) is 0 Å². The van der Waals surface area contributed by atoms with Gasteiger partial charge in [0.05, 0.1) is 3.79 Å². The zero-order valence-electron chi connectivity index (χ0n) is 12.1. The van der Waals surface area contributed by atoms with Gasteiger partial charge < -0.3 is 10.5 Å². The Morgan fingerprint density at radius 1 is 1.14 bits per heavy atom. The van der Waals surface area contributed by atoms with Crippen molar-refractivity contribution < 1.29 is 4.74 Å². The van der Waals surface area contributed by atoms with Crippen molar-refractivity contribution in [1.29, 1.82) is 0 Å². The van der Waals surface area contributed by atoms with Gasteiger partial charge in [-0.05, 0) is 83.9 Å². The summed E-state index contributed by atoms with van der Waals surface area (Å²) in [6.07, 6.45) is 4.86. The number of halogens is 1. The maximum Gasteiger partial charge on any atom is 0.148 e. The summed E-state index contributed by atoms with van der Waals surface area (Å²) >= 11 is 5.19. The number of rotatable bonds is 4. The van der Waals surface area contributed by atoms with Gasteiger partial charge >= 0.3 is 0 Å². The SMILES string of the molecule is CC(N)C(Oc1ccc2c(c1)CCCC2)c1ccc(Br)s1. The Morgan fingerprint density at radius 3 is 2.57 bits per heavy atom. The van der Waals surface area contributed by atoms with Gasteiger partial charge in [0.2, 0.25) is 0 Å². The second kappa shape index (κ2) is 6.51. The Balaban J connectivity index is 1.83. The Hall–Kier alpha value is -0.840. The molecular formula is C17H20BrNOS. The minimum Gasteiger partial charge on any atom is -0.483 e. The van der Waals surface area contributed by atoms with Gasteiger partial charge in [0.15, 0.2) is 0 Å². The summed E-state index contributed by atoms with van der Waals surface area (Å²) in [4.78, 5) is 1.16. The first-order valence-corrected chi connectivity index (χ1v) is 9.04. The maximum absolute atomic E-state index is 6.21. The molecule has 2 atom stereocenters. The molecule has 2 N–H and O–H groups in total. The molecule has 1 aliphatic rings. The highest BCUT2D eigenvalue weighted by Gasteiger charge is 2.21. The lowest BCUT2D eigenvalue weighted by atomic mass is 9.92. The van der Waals surface area contributed by atoms with Crippen LogP contribution in [0.2, 0.25) is 0 Å². The highest BCUT2D eigenvalue weighted by atomic mass is 79.9. The van der Waals surface area contributed by atoms with E-state index in [2.05, 4.69) is 40.2 Å². The molecule has 0 radical (unpaired) electrons. The van der Waals surface area contributed by atoms with E-state index in [4.69, 9.17) is 10.5 Å². The fraction of sp³-hybridized carbons (Fsp3) is 0.412. The molecule has 2 unspecified atom stereocenters. The molecule has 3 rings (SSSR count). The fourth-order valence-electron chi connectivity index (χ4n) is 2.84. The molecule has 1 aromatic heterocycles. The number of nitrogens with two attached hydrogens (primary N) is 1. The van der Waals surface area contributed by atoms with E-state index in [0.717, 1.165) is 14.4 Å². The van der Waals surface area contributed by atoms with Crippen LogP contribution in [0, 0.1) is 0 Å². The van der Waals surface area contributed by atoms with Crippen LogP contribution in [0.25, 0.3) is 0 Å². The van der Waals surface area contributed by atoms with Gasteiger partial charge in [0.25, 0.3) is 0 Å². The third-order valence-corrected chi connectivity index (χ3v) is 5.62. The van der Waals surface area contributed by atoms with Crippen LogP contribution in [-0.4, -0.2) is 6.04 Å². The number of fused-ring (bicyclic) bond motifs is 1. The van der Waals surface area contributed by atoms with E-state index in [1.54, 1.807) is 11.3 Å². The molecule has 0 fully saturated rings. The van der Waals surface area contributed by atoms with E-state index < -0.39 is 0 Å². The first kappa shape index (κ1) is 15.1. The third kappa shape index (κ3) is 3.50. The van der Waals surface area contributed by atoms with Crippen LogP contribution >= 0.6 is 27.3 Å². The van der Waals surface area contributed by atoms with E-state index in [1.807, 2.05) is 13.0 Å². The standard InChI is InChI=1S/C17H20BrNOS/c1-11(19)17(15-8-9-16(18)21-15)20-14-7-6-12-4-2-3-5-13(12)10-14/h6-11,17H,2-5,19H2,1H3. The summed E-state index contributed by atoms with van der Waals surface area (Å²) in [6.45, 7) is 2.00. The highest BCUT2D eigenvalue weighted by Crippen LogP contribution is 2.33. The van der Waals surface area contributed by atoms with Crippen molar-refractivity contribution in [3.8, 4) is 5.75 Å². The molecule has 0 bridgehead atoms. The summed E-state index contributed by atoms with van der Waals surface area (Å²) < 4.78 is 7.31. The number of hydrogen-bond acceptors (Lipinski definition) is 3. The van der Waals surface area contributed by atoms with Crippen LogP contribution in [0.15, 0.2) is 34.1 Å². The zero-order valence-corrected chi connectivity index (χ0v) is 14.5. The van der Waals surface area contributed by atoms with Crippen LogP contribution in [0.3, 0.4) is 0 Å². The third-order valence-electron chi connectivity index (χ3n) is 3.93. The molecule has 0 saturated heterocycles. The summed E-state index contributed by atoms with van der Waals surface area (Å²) in [5.74, 6) is 0.933. The predicted octanol–water partition coefficient (Wildman–Crippen LogP) is 4.86. The number of aryl methyl sites for hydroxylation is 2. The average Bonchev–Trinajstić information content (AvgIpc) is 2.90. The molecule has 0 saturated carbocycles. The average molecular weight is 366 g/mol. The molecule has 1 aliphatic carbocycles. The minimum atomic E-state index is -0.0945. The zero-order chi connectivity index (χ0) is 14.8. The molecule has 2 nitrogen and oxygen atoms in total. The highest BCUT2D eigenvalue weighted by molar-refractivity contribution is 9.11. The van der Waals surface area contributed by atoms with Crippen molar-refractivity contribution in [1.82, 2.24) is 0 Å². The van der Waals surface area contributed by atoms with Gasteiger partial charge in [-0.2, -0.15) is 0 Å². The smallest absolute Gasteiger partial charge is 0.148 e. The molecular weight excluding hydrogens is 346 g/mol. The molecule has 1 heterocycles. The van der Waals surface area contributed by atoms with Gasteiger partial charge in [-0.1, -0.05) is 6.07 Å². The van der Waals surface area contributed by atoms with Crippen molar-refractivity contribution in [2.75, 3.05) is 0 Å². The lowest BCUT2D eigenvalue weighted by Gasteiger charge is -2.23. The van der Waals surface area contributed by atoms with Crippen LogP contribution < -0.4 is 10.5 Å². The van der Waals surface area contributed by atoms with Crippen LogP contribution in [0.1, 0.15) is 41.9 Å². The lowest BCUT2D eigenvalue weighted by molar-refractivity contribution is 0.184. The molecule has 2 aromatic rings. The summed E-state index contributed by atoms with van der Waals surface area (Å²) in [5, 5.41) is 0. The van der Waals surface area contributed by atoms with Crippen molar-refractivity contribution in [3.05, 3.63) is 50.1 Å². The Bertz CT molecular complexity index is 623. The minimum absolute atomic E-state index is 0.0495. The predicted molar refractivity (Wildman–Crippen MR) is 92.1 cm³/mol. The van der Waals surface area contributed by atoms with E-state index in [0.29, 0.717) is 0 Å². The van der Waals surface area contributed by atoms with E-state index in [-0.39, 0.29) is 12.1 Å². The second-order valence-electron chi connectivity index (χ2n) is 5.68. The van der Waals surface area contributed by atoms with Crippen LogP contribution in [-0.2, 0) is 12.8 Å². The first-order valence-electron chi connectivity index (χ1n) is 7.43. The number of benzene rings is 1. The largest absolute Gasteiger partial charge is 0.483 e. The number of thiophene rings is 1. The van der Waals surface area contributed by atoms with Crippen molar-refractivity contribution in [3.63, 3.8) is 0 Å². The maximum atomic E-state index is 6.21. The Labute approximate surface area is 138 Å². The van der Waals surface area contributed by atoms with Crippen LogP contribution in [0.5, 0.6) is 5.75 Å². The Kier molecular flexibility index (Phi) is 4.67. The van der Waals surface area contributed by atoms with E-state index in [1.165, 1.54) is 36.8 Å². The topological polar surface area (TPSA) is 35.2 Å². The van der Waals surface area contributed by atoms with Crippen molar-refractivity contribution in [2.45, 2.75) is 44.8 Å². The normalized spacial score (nSPS) is 17.1. The van der Waals surface area contributed by atoms with Gasteiger partial charge in [-0.15, -0.1) is 11.3 Å².